The molecule has 0 atom stereocenters. The van der Waals surface area contributed by atoms with E-state index in [0.29, 0.717) is 12.1 Å². The summed E-state index contributed by atoms with van der Waals surface area (Å²) in [7, 11) is 1.66. The molecule has 0 fully saturated rings. The van der Waals surface area contributed by atoms with Crippen LogP contribution < -0.4 is 16.4 Å². The lowest BCUT2D eigenvalue weighted by atomic mass is 10.2. The molecule has 172 valence electrons. The maximum atomic E-state index is 14.0. The van der Waals surface area contributed by atoms with Crippen LogP contribution in [-0.4, -0.2) is 46.6 Å². The zero-order valence-corrected chi connectivity index (χ0v) is 17.7. The predicted molar refractivity (Wildman–Crippen MR) is 113 cm³/mol. The van der Waals surface area contributed by atoms with Crippen LogP contribution in [0.15, 0.2) is 35.2 Å². The van der Waals surface area contributed by atoms with Crippen molar-refractivity contribution in [3.63, 3.8) is 0 Å². The fraction of sp³-hybridized carbons (Fsp3) is 0.300. The van der Waals surface area contributed by atoms with Gasteiger partial charge in [-0.1, -0.05) is 0 Å². The van der Waals surface area contributed by atoms with Gasteiger partial charge in [0.05, 0.1) is 11.9 Å². The molecular formula is C20H23F4N7O. The number of carbonyl (C=O) groups is 1. The number of amides is 1. The average Bonchev–Trinajstić information content (AvgIpc) is 2.73. The van der Waals surface area contributed by atoms with Crippen molar-refractivity contribution >= 4 is 23.9 Å². The third-order valence-corrected chi connectivity index (χ3v) is 4.34. The smallest absolute Gasteiger partial charge is 0.244 e. The second-order valence-corrected chi connectivity index (χ2v) is 6.91. The molecule has 8 nitrogen and oxygen atoms in total. The number of halogens is 4. The van der Waals surface area contributed by atoms with Gasteiger partial charge >= 0.3 is 0 Å². The van der Waals surface area contributed by atoms with E-state index in [4.69, 9.17) is 5.73 Å². The highest BCUT2D eigenvalue weighted by Crippen LogP contribution is 2.18. The molecule has 0 saturated heterocycles. The predicted octanol–water partition coefficient (Wildman–Crippen LogP) is 2.79. The van der Waals surface area contributed by atoms with Crippen LogP contribution in [0, 0.1) is 23.3 Å². The number of aliphatic imine (C=N–C) groups is 1. The van der Waals surface area contributed by atoms with E-state index in [1.54, 1.807) is 7.05 Å². The lowest BCUT2D eigenvalue weighted by molar-refractivity contribution is -0.129. The van der Waals surface area contributed by atoms with Crippen molar-refractivity contribution in [2.75, 3.05) is 24.2 Å². The van der Waals surface area contributed by atoms with Crippen molar-refractivity contribution < 1.29 is 22.4 Å². The maximum Gasteiger partial charge on any atom is 0.244 e. The fourth-order valence-electron chi connectivity index (χ4n) is 2.33. The van der Waals surface area contributed by atoms with Gasteiger partial charge in [0.1, 0.15) is 24.0 Å². The first-order valence-corrected chi connectivity index (χ1v) is 9.46. The number of nitrogens with two attached hydrogens (primary N) is 1. The van der Waals surface area contributed by atoms with Crippen LogP contribution in [0.4, 0.5) is 29.3 Å². The van der Waals surface area contributed by atoms with Gasteiger partial charge in [-0.3, -0.25) is 9.79 Å². The average molecular weight is 453 g/mol. The standard InChI is InChI=1S/C20H23F4N7O/c1-11(2)31(3)18(32)10-26-7-13(6-25)29-20-28-9-17(24)19(30-20)27-8-14-15(22)4-12(21)5-16(14)23/h4-7,9,11H,8,10,25H2,1-3H3,(H2,27,28,29,30)/b13-6+,26-7?. The molecule has 1 aromatic heterocycles. The number of rotatable bonds is 9. The molecule has 0 bridgehead atoms. The van der Waals surface area contributed by atoms with Crippen molar-refractivity contribution in [2.45, 2.75) is 26.4 Å². The van der Waals surface area contributed by atoms with Crippen LogP contribution >= 0.6 is 0 Å². The van der Waals surface area contributed by atoms with Gasteiger partial charge in [-0.25, -0.2) is 22.5 Å². The van der Waals surface area contributed by atoms with Gasteiger partial charge in [0, 0.05) is 49.7 Å². The minimum absolute atomic E-state index is 0.0238. The summed E-state index contributed by atoms with van der Waals surface area (Å²) < 4.78 is 54.6. The molecule has 0 radical (unpaired) electrons. The van der Waals surface area contributed by atoms with E-state index < -0.39 is 35.4 Å². The first kappa shape index (κ1) is 24.6. The highest BCUT2D eigenvalue weighted by Gasteiger charge is 2.14. The van der Waals surface area contributed by atoms with Crippen LogP contribution in [0.5, 0.6) is 0 Å². The number of hydrogen-bond acceptors (Lipinski definition) is 7. The van der Waals surface area contributed by atoms with E-state index in [1.165, 1.54) is 11.1 Å². The van der Waals surface area contributed by atoms with Crippen LogP contribution in [0.25, 0.3) is 0 Å². The Hall–Kier alpha value is -3.70. The molecule has 2 rings (SSSR count). The van der Waals surface area contributed by atoms with Crippen molar-refractivity contribution in [3.05, 3.63) is 59.1 Å². The number of benzene rings is 1. The molecule has 0 saturated carbocycles. The normalized spacial score (nSPS) is 11.8. The largest absolute Gasteiger partial charge is 0.403 e. The monoisotopic (exact) mass is 453 g/mol. The number of hydrogen-bond donors (Lipinski definition) is 3. The third kappa shape index (κ3) is 6.65. The molecule has 0 spiro atoms. The summed E-state index contributed by atoms with van der Waals surface area (Å²) in [4.78, 5) is 25.1. The quantitative estimate of drug-likeness (QED) is 0.398. The summed E-state index contributed by atoms with van der Waals surface area (Å²) in [6, 6.07) is 1.06. The molecule has 1 amide bonds. The van der Waals surface area contributed by atoms with Crippen molar-refractivity contribution in [1.29, 1.82) is 0 Å². The van der Waals surface area contributed by atoms with Crippen LogP contribution in [0.2, 0.25) is 0 Å². The Morgan fingerprint density at radius 3 is 2.47 bits per heavy atom. The van der Waals surface area contributed by atoms with Gasteiger partial charge in [-0.05, 0) is 13.8 Å². The van der Waals surface area contributed by atoms with Crippen molar-refractivity contribution in [3.8, 4) is 0 Å². The minimum atomic E-state index is -1.12. The summed E-state index contributed by atoms with van der Waals surface area (Å²) in [5, 5.41) is 5.13. The molecule has 0 aliphatic carbocycles. The summed E-state index contributed by atoms with van der Waals surface area (Å²) in [5.41, 5.74) is 5.26. The SMILES string of the molecule is CC(C)N(C)C(=O)CN=C/C(=C\N)Nc1ncc(F)c(NCc2c(F)cc(F)cc2F)n1. The Morgan fingerprint density at radius 1 is 1.22 bits per heavy atom. The van der Waals surface area contributed by atoms with Gasteiger partial charge in [0.25, 0.3) is 0 Å². The number of anilines is 2. The molecule has 12 heteroatoms. The lowest BCUT2D eigenvalue weighted by Crippen LogP contribution is -2.34. The molecule has 0 aliphatic rings. The molecule has 1 aromatic carbocycles. The van der Waals surface area contributed by atoms with Gasteiger partial charge < -0.3 is 21.3 Å². The van der Waals surface area contributed by atoms with Crippen molar-refractivity contribution in [2.24, 2.45) is 10.7 Å². The maximum absolute atomic E-state index is 14.0. The Labute approximate surface area is 182 Å². The topological polar surface area (TPSA) is 109 Å². The number of allylic oxidation sites excluding steroid dienone is 1. The minimum Gasteiger partial charge on any atom is -0.403 e. The highest BCUT2D eigenvalue weighted by atomic mass is 19.1. The van der Waals surface area contributed by atoms with E-state index >= 15 is 0 Å². The second-order valence-electron chi connectivity index (χ2n) is 6.91. The van der Waals surface area contributed by atoms with E-state index in [1.807, 2.05) is 13.8 Å². The number of nitrogens with one attached hydrogen (secondary N) is 2. The summed E-state index contributed by atoms with van der Waals surface area (Å²) in [6.45, 7) is 3.13. The van der Waals surface area contributed by atoms with E-state index in [-0.39, 0.29) is 36.0 Å². The van der Waals surface area contributed by atoms with Gasteiger partial charge in [0.15, 0.2) is 11.6 Å². The molecule has 0 aliphatic heterocycles. The Balaban J connectivity index is 2.06. The zero-order valence-electron chi connectivity index (χ0n) is 17.7. The van der Waals surface area contributed by atoms with Crippen molar-refractivity contribution in [1.82, 2.24) is 14.9 Å². The lowest BCUT2D eigenvalue weighted by Gasteiger charge is -2.20. The summed E-state index contributed by atoms with van der Waals surface area (Å²) >= 11 is 0. The number of carbonyl (C=O) groups excluding carboxylic acids is 1. The fourth-order valence-corrected chi connectivity index (χ4v) is 2.33. The highest BCUT2D eigenvalue weighted by molar-refractivity contribution is 5.85. The Bertz CT molecular complexity index is 1000. The molecule has 32 heavy (non-hydrogen) atoms. The summed E-state index contributed by atoms with van der Waals surface area (Å²) in [6.07, 6.45) is 3.26. The molecule has 2 aromatic rings. The molecule has 4 N–H and O–H groups in total. The Morgan fingerprint density at radius 2 is 1.88 bits per heavy atom. The summed E-state index contributed by atoms with van der Waals surface area (Å²) in [5.74, 6) is -4.83. The van der Waals surface area contributed by atoms with Crippen LogP contribution in [-0.2, 0) is 11.3 Å². The Kier molecular flexibility index (Phi) is 8.50. The molecular weight excluding hydrogens is 430 g/mol. The van der Waals surface area contributed by atoms with Gasteiger partial charge in [0.2, 0.25) is 11.9 Å². The number of nitrogens with zero attached hydrogens (tertiary/aromatic N) is 4. The van der Waals surface area contributed by atoms with E-state index in [0.717, 1.165) is 12.4 Å². The van der Waals surface area contributed by atoms with Crippen LogP contribution in [0.1, 0.15) is 19.4 Å². The number of aromatic nitrogens is 2. The molecule has 0 unspecified atom stereocenters. The van der Waals surface area contributed by atoms with E-state index in [9.17, 15) is 22.4 Å². The van der Waals surface area contributed by atoms with Gasteiger partial charge in [-0.15, -0.1) is 0 Å². The first-order valence-electron chi connectivity index (χ1n) is 9.46. The third-order valence-electron chi connectivity index (χ3n) is 4.34. The van der Waals surface area contributed by atoms with E-state index in [2.05, 4.69) is 25.6 Å². The molecule has 1 heterocycles. The zero-order chi connectivity index (χ0) is 23.8. The van der Waals surface area contributed by atoms with Gasteiger partial charge in [-0.2, -0.15) is 4.98 Å². The first-order chi connectivity index (χ1) is 15.1. The second kappa shape index (κ2) is 11.1. The van der Waals surface area contributed by atoms with Crippen LogP contribution in [0.3, 0.4) is 0 Å². The number of likely N-dealkylation sites (N-methyl/N-ethyl adjacent to an activating group) is 1.